The molecule has 2 N–H and O–H groups in total. The van der Waals surface area contributed by atoms with E-state index >= 15 is 0 Å². The standard InChI is InChI=1S/C15H18FNO4/c16-10-1-2-12(13(18)9-10)14(19)17-11-3-5-15(6-4-11)20-7-8-21-15/h1-2,9,11,18H,3-8H2,(H,17,19). The molecule has 2 aliphatic rings. The lowest BCUT2D eigenvalue weighted by molar-refractivity contribution is -0.179. The van der Waals surface area contributed by atoms with Gasteiger partial charge in [0.15, 0.2) is 5.79 Å². The number of amides is 1. The summed E-state index contributed by atoms with van der Waals surface area (Å²) in [5.74, 6) is -1.76. The van der Waals surface area contributed by atoms with Crippen molar-refractivity contribution in [3.05, 3.63) is 29.6 Å². The molecule has 0 atom stereocenters. The minimum Gasteiger partial charge on any atom is -0.507 e. The van der Waals surface area contributed by atoms with Gasteiger partial charge in [0.2, 0.25) is 0 Å². The highest BCUT2D eigenvalue weighted by Crippen LogP contribution is 2.35. The average Bonchev–Trinajstić information content (AvgIpc) is 2.90. The van der Waals surface area contributed by atoms with E-state index in [-0.39, 0.29) is 23.3 Å². The molecule has 0 bridgehead atoms. The van der Waals surface area contributed by atoms with Gasteiger partial charge in [-0.25, -0.2) is 4.39 Å². The molecule has 1 amide bonds. The second kappa shape index (κ2) is 5.61. The second-order valence-electron chi connectivity index (χ2n) is 5.52. The quantitative estimate of drug-likeness (QED) is 0.875. The van der Waals surface area contributed by atoms with E-state index in [1.165, 1.54) is 6.07 Å². The first-order valence-electron chi connectivity index (χ1n) is 7.15. The van der Waals surface area contributed by atoms with Crippen molar-refractivity contribution >= 4 is 5.91 Å². The Bertz CT molecular complexity index is 532. The number of phenols is 1. The third kappa shape index (κ3) is 3.01. The molecule has 1 aliphatic carbocycles. The van der Waals surface area contributed by atoms with Crippen molar-refractivity contribution < 1.29 is 23.8 Å². The number of carbonyl (C=O) groups is 1. The normalized spacial score (nSPS) is 21.6. The summed E-state index contributed by atoms with van der Waals surface area (Å²) in [7, 11) is 0. The second-order valence-corrected chi connectivity index (χ2v) is 5.52. The van der Waals surface area contributed by atoms with Crippen LogP contribution in [-0.2, 0) is 9.47 Å². The maximum Gasteiger partial charge on any atom is 0.255 e. The lowest BCUT2D eigenvalue weighted by Crippen LogP contribution is -2.44. The summed E-state index contributed by atoms with van der Waals surface area (Å²) < 4.78 is 24.2. The number of aromatic hydroxyl groups is 1. The predicted molar refractivity (Wildman–Crippen MR) is 72.4 cm³/mol. The third-order valence-electron chi connectivity index (χ3n) is 4.10. The van der Waals surface area contributed by atoms with Crippen molar-refractivity contribution in [1.82, 2.24) is 5.32 Å². The minimum atomic E-state index is -0.570. The monoisotopic (exact) mass is 295 g/mol. The molecule has 1 aliphatic heterocycles. The number of benzene rings is 1. The molecule has 3 rings (SSSR count). The molecule has 1 saturated heterocycles. The summed E-state index contributed by atoms with van der Waals surface area (Å²) in [5.41, 5.74) is 0.0880. The molecule has 6 heteroatoms. The van der Waals surface area contributed by atoms with Gasteiger partial charge >= 0.3 is 0 Å². The topological polar surface area (TPSA) is 67.8 Å². The number of nitrogens with one attached hydrogen (secondary N) is 1. The Hall–Kier alpha value is -1.66. The average molecular weight is 295 g/mol. The summed E-state index contributed by atoms with van der Waals surface area (Å²) >= 11 is 0. The maximum atomic E-state index is 12.9. The van der Waals surface area contributed by atoms with Gasteiger partial charge in [0.1, 0.15) is 11.6 Å². The van der Waals surface area contributed by atoms with Crippen LogP contribution in [0.2, 0.25) is 0 Å². The number of carbonyl (C=O) groups excluding carboxylic acids is 1. The van der Waals surface area contributed by atoms with Gasteiger partial charge in [-0.1, -0.05) is 0 Å². The van der Waals surface area contributed by atoms with E-state index in [4.69, 9.17) is 9.47 Å². The van der Waals surface area contributed by atoms with Crippen molar-refractivity contribution in [3.8, 4) is 5.75 Å². The van der Waals surface area contributed by atoms with Crippen LogP contribution in [0.3, 0.4) is 0 Å². The highest BCUT2D eigenvalue weighted by molar-refractivity contribution is 5.96. The first-order chi connectivity index (χ1) is 10.1. The summed E-state index contributed by atoms with van der Waals surface area (Å²) in [4.78, 5) is 12.1. The predicted octanol–water partition coefficient (Wildman–Crippen LogP) is 1.95. The van der Waals surface area contributed by atoms with Crippen LogP contribution < -0.4 is 5.32 Å². The SMILES string of the molecule is O=C(NC1CCC2(CC1)OCCO2)c1ccc(F)cc1O. The van der Waals surface area contributed by atoms with E-state index in [2.05, 4.69) is 5.32 Å². The molecule has 1 heterocycles. The number of phenolic OH excluding ortho intramolecular Hbond substituents is 1. The maximum absolute atomic E-state index is 12.9. The fourth-order valence-electron chi connectivity index (χ4n) is 2.95. The molecule has 1 aromatic rings. The van der Waals surface area contributed by atoms with Gasteiger partial charge in [-0.15, -0.1) is 0 Å². The van der Waals surface area contributed by atoms with E-state index in [0.29, 0.717) is 13.2 Å². The van der Waals surface area contributed by atoms with Crippen LogP contribution in [0.4, 0.5) is 4.39 Å². The number of rotatable bonds is 2. The van der Waals surface area contributed by atoms with Gasteiger partial charge < -0.3 is 19.9 Å². The molecule has 21 heavy (non-hydrogen) atoms. The van der Waals surface area contributed by atoms with Gasteiger partial charge in [0.05, 0.1) is 18.8 Å². The zero-order valence-corrected chi connectivity index (χ0v) is 11.6. The van der Waals surface area contributed by atoms with Gasteiger partial charge in [0, 0.05) is 24.9 Å². The van der Waals surface area contributed by atoms with E-state index in [1.807, 2.05) is 0 Å². The highest BCUT2D eigenvalue weighted by atomic mass is 19.1. The van der Waals surface area contributed by atoms with Crippen LogP contribution in [0.1, 0.15) is 36.0 Å². The Morgan fingerprint density at radius 2 is 1.95 bits per heavy atom. The number of hydrogen-bond acceptors (Lipinski definition) is 4. The lowest BCUT2D eigenvalue weighted by Gasteiger charge is -2.35. The van der Waals surface area contributed by atoms with Crippen LogP contribution in [0.5, 0.6) is 5.75 Å². The molecular formula is C15H18FNO4. The lowest BCUT2D eigenvalue weighted by atomic mass is 9.90. The molecular weight excluding hydrogens is 277 g/mol. The molecule has 1 aromatic carbocycles. The summed E-state index contributed by atoms with van der Waals surface area (Å²) in [6.07, 6.45) is 3.00. The summed E-state index contributed by atoms with van der Waals surface area (Å²) in [6, 6.07) is 3.39. The van der Waals surface area contributed by atoms with Crippen molar-refractivity contribution in [1.29, 1.82) is 0 Å². The molecule has 0 aromatic heterocycles. The van der Waals surface area contributed by atoms with Crippen molar-refractivity contribution in [2.45, 2.75) is 37.5 Å². The molecule has 1 saturated carbocycles. The van der Waals surface area contributed by atoms with Crippen molar-refractivity contribution in [2.75, 3.05) is 13.2 Å². The number of hydrogen-bond donors (Lipinski definition) is 2. The van der Waals surface area contributed by atoms with E-state index in [9.17, 15) is 14.3 Å². The molecule has 0 unspecified atom stereocenters. The largest absolute Gasteiger partial charge is 0.507 e. The highest BCUT2D eigenvalue weighted by Gasteiger charge is 2.40. The minimum absolute atomic E-state index is 0.0142. The molecule has 1 spiro atoms. The van der Waals surface area contributed by atoms with Crippen LogP contribution in [0.15, 0.2) is 18.2 Å². The first-order valence-corrected chi connectivity index (χ1v) is 7.15. The first kappa shape index (κ1) is 14.3. The molecule has 5 nitrogen and oxygen atoms in total. The Balaban J connectivity index is 1.58. The van der Waals surface area contributed by atoms with Gasteiger partial charge in [-0.05, 0) is 25.0 Å². The van der Waals surface area contributed by atoms with Crippen LogP contribution >= 0.6 is 0 Å². The summed E-state index contributed by atoms with van der Waals surface area (Å²) in [5, 5.41) is 12.5. The van der Waals surface area contributed by atoms with Crippen LogP contribution in [0.25, 0.3) is 0 Å². The molecule has 0 radical (unpaired) electrons. The fraction of sp³-hybridized carbons (Fsp3) is 0.533. The van der Waals surface area contributed by atoms with E-state index in [1.54, 1.807) is 0 Å². The number of ether oxygens (including phenoxy) is 2. The molecule has 2 fully saturated rings. The van der Waals surface area contributed by atoms with Gasteiger partial charge in [-0.3, -0.25) is 4.79 Å². The Labute approximate surface area is 122 Å². The van der Waals surface area contributed by atoms with Gasteiger partial charge in [0.25, 0.3) is 5.91 Å². The zero-order chi connectivity index (χ0) is 14.9. The number of halogens is 1. The van der Waals surface area contributed by atoms with Gasteiger partial charge in [-0.2, -0.15) is 0 Å². The fourth-order valence-corrected chi connectivity index (χ4v) is 2.95. The van der Waals surface area contributed by atoms with Crippen LogP contribution in [0, 0.1) is 5.82 Å². The van der Waals surface area contributed by atoms with E-state index < -0.39 is 11.6 Å². The summed E-state index contributed by atoms with van der Waals surface area (Å²) in [6.45, 7) is 1.25. The van der Waals surface area contributed by atoms with Crippen LogP contribution in [-0.4, -0.2) is 36.1 Å². The van der Waals surface area contributed by atoms with E-state index in [0.717, 1.165) is 37.8 Å². The third-order valence-corrected chi connectivity index (χ3v) is 4.10. The molecule has 114 valence electrons. The Morgan fingerprint density at radius 3 is 2.57 bits per heavy atom. The Kier molecular flexibility index (Phi) is 3.82. The van der Waals surface area contributed by atoms with Crippen molar-refractivity contribution in [2.24, 2.45) is 0 Å². The Morgan fingerprint density at radius 1 is 1.29 bits per heavy atom. The smallest absolute Gasteiger partial charge is 0.255 e. The van der Waals surface area contributed by atoms with Crippen molar-refractivity contribution in [3.63, 3.8) is 0 Å². The zero-order valence-electron chi connectivity index (χ0n) is 11.6.